The van der Waals surface area contributed by atoms with Crippen molar-refractivity contribution in [2.75, 3.05) is 13.6 Å². The van der Waals surface area contributed by atoms with Crippen LogP contribution >= 0.6 is 0 Å². The number of hydrogen-bond donors (Lipinski definition) is 1. The number of aryl methyl sites for hydroxylation is 1. The minimum absolute atomic E-state index is 0.284. The van der Waals surface area contributed by atoms with Gasteiger partial charge in [-0.1, -0.05) is 30.3 Å². The van der Waals surface area contributed by atoms with E-state index in [0.717, 1.165) is 10.6 Å². The highest BCUT2D eigenvalue weighted by Gasteiger charge is 2.49. The Labute approximate surface area is 152 Å². The fourth-order valence-corrected chi connectivity index (χ4v) is 3.06. The average molecular weight is 354 g/mol. The summed E-state index contributed by atoms with van der Waals surface area (Å²) in [5, 5.41) is 2.71. The summed E-state index contributed by atoms with van der Waals surface area (Å²) < 4.78 is 1.92. The standard InChI is InChI=1S/C19H22N4O3/c1-19(14-8-5-4-6-9-14)17(25)23(18(26)20-19)13-16(24)22(3)12-15-10-7-11-21(15)2/h4-11H,12-13H2,1-3H3,(H,20,26). The van der Waals surface area contributed by atoms with Crippen LogP contribution < -0.4 is 5.32 Å². The van der Waals surface area contributed by atoms with E-state index in [1.165, 1.54) is 4.90 Å². The van der Waals surface area contributed by atoms with Crippen molar-refractivity contribution in [1.82, 2.24) is 19.7 Å². The van der Waals surface area contributed by atoms with Crippen LogP contribution in [0.2, 0.25) is 0 Å². The van der Waals surface area contributed by atoms with Crippen LogP contribution in [0.4, 0.5) is 4.79 Å². The zero-order valence-corrected chi connectivity index (χ0v) is 15.1. The van der Waals surface area contributed by atoms with Gasteiger partial charge >= 0.3 is 6.03 Å². The Balaban J connectivity index is 1.71. The molecule has 4 amide bonds. The first-order valence-electron chi connectivity index (χ1n) is 8.37. The molecule has 0 aliphatic carbocycles. The van der Waals surface area contributed by atoms with Crippen LogP contribution in [0.3, 0.4) is 0 Å². The Hall–Kier alpha value is -3.09. The summed E-state index contributed by atoms with van der Waals surface area (Å²) in [6.45, 7) is 1.77. The van der Waals surface area contributed by atoms with Gasteiger partial charge in [0.2, 0.25) is 5.91 Å². The first-order valence-corrected chi connectivity index (χ1v) is 8.37. The van der Waals surface area contributed by atoms with Crippen LogP contribution in [0.25, 0.3) is 0 Å². The quantitative estimate of drug-likeness (QED) is 0.826. The Bertz CT molecular complexity index is 845. The Morgan fingerprint density at radius 3 is 2.46 bits per heavy atom. The number of urea groups is 1. The van der Waals surface area contributed by atoms with E-state index < -0.39 is 17.5 Å². The van der Waals surface area contributed by atoms with Gasteiger partial charge in [-0.2, -0.15) is 0 Å². The van der Waals surface area contributed by atoms with Crippen LogP contribution in [-0.2, 0) is 28.7 Å². The van der Waals surface area contributed by atoms with Crippen molar-refractivity contribution in [3.63, 3.8) is 0 Å². The summed E-state index contributed by atoms with van der Waals surface area (Å²) >= 11 is 0. The molecule has 1 N–H and O–H groups in total. The number of carbonyl (C=O) groups is 3. The molecule has 1 atom stereocenters. The van der Waals surface area contributed by atoms with Gasteiger partial charge in [-0.25, -0.2) is 4.79 Å². The van der Waals surface area contributed by atoms with Gasteiger partial charge in [-0.3, -0.25) is 14.5 Å². The van der Waals surface area contributed by atoms with E-state index in [1.54, 1.807) is 26.1 Å². The van der Waals surface area contributed by atoms with Crippen LogP contribution in [0.1, 0.15) is 18.2 Å². The van der Waals surface area contributed by atoms with E-state index in [4.69, 9.17) is 0 Å². The summed E-state index contributed by atoms with van der Waals surface area (Å²) in [5.41, 5.74) is 0.493. The number of rotatable bonds is 5. The van der Waals surface area contributed by atoms with Crippen molar-refractivity contribution < 1.29 is 14.4 Å². The summed E-state index contributed by atoms with van der Waals surface area (Å²) in [6, 6.07) is 12.3. The topological polar surface area (TPSA) is 74.7 Å². The third kappa shape index (κ3) is 3.08. The summed E-state index contributed by atoms with van der Waals surface area (Å²) in [7, 11) is 3.56. The predicted molar refractivity (Wildman–Crippen MR) is 95.9 cm³/mol. The number of nitrogens with zero attached hydrogens (tertiary/aromatic N) is 3. The van der Waals surface area contributed by atoms with Gasteiger partial charge < -0.3 is 14.8 Å². The van der Waals surface area contributed by atoms with Gasteiger partial charge in [-0.05, 0) is 24.6 Å². The maximum atomic E-state index is 12.8. The Morgan fingerprint density at radius 2 is 1.85 bits per heavy atom. The van der Waals surface area contributed by atoms with Crippen LogP contribution in [0.5, 0.6) is 0 Å². The van der Waals surface area contributed by atoms with Crippen molar-refractivity contribution >= 4 is 17.8 Å². The van der Waals surface area contributed by atoms with Crippen molar-refractivity contribution in [2.24, 2.45) is 7.05 Å². The highest BCUT2D eigenvalue weighted by atomic mass is 16.2. The Kier molecular flexibility index (Phi) is 4.54. The molecule has 3 rings (SSSR count). The number of benzene rings is 1. The third-order valence-corrected chi connectivity index (χ3v) is 4.80. The molecule has 0 radical (unpaired) electrons. The molecular formula is C19H22N4O3. The number of nitrogens with one attached hydrogen (secondary N) is 1. The molecule has 0 saturated carbocycles. The molecule has 26 heavy (non-hydrogen) atoms. The lowest BCUT2D eigenvalue weighted by molar-refractivity contribution is -0.138. The second-order valence-electron chi connectivity index (χ2n) is 6.67. The number of hydrogen-bond acceptors (Lipinski definition) is 3. The maximum Gasteiger partial charge on any atom is 0.325 e. The molecule has 1 aromatic heterocycles. The van der Waals surface area contributed by atoms with E-state index in [9.17, 15) is 14.4 Å². The average Bonchev–Trinajstić information content (AvgIpc) is 3.12. The van der Waals surface area contributed by atoms with Crippen molar-refractivity contribution in [1.29, 1.82) is 0 Å². The van der Waals surface area contributed by atoms with Crippen molar-refractivity contribution in [2.45, 2.75) is 19.0 Å². The van der Waals surface area contributed by atoms with Gasteiger partial charge in [0.15, 0.2) is 0 Å². The first kappa shape index (κ1) is 17.7. The predicted octanol–water partition coefficient (Wildman–Crippen LogP) is 1.45. The molecule has 136 valence electrons. The fraction of sp³-hybridized carbons (Fsp3) is 0.316. The molecule has 1 saturated heterocycles. The minimum atomic E-state index is -1.16. The van der Waals surface area contributed by atoms with Gasteiger partial charge in [0.1, 0.15) is 12.1 Å². The molecule has 1 fully saturated rings. The van der Waals surface area contributed by atoms with E-state index in [-0.39, 0.29) is 12.5 Å². The largest absolute Gasteiger partial charge is 0.353 e. The number of aromatic nitrogens is 1. The summed E-state index contributed by atoms with van der Waals surface area (Å²) in [5.74, 6) is -0.721. The normalized spacial score (nSPS) is 19.6. The minimum Gasteiger partial charge on any atom is -0.353 e. The first-order chi connectivity index (χ1) is 12.3. The third-order valence-electron chi connectivity index (χ3n) is 4.80. The number of likely N-dealkylation sites (N-methyl/N-ethyl adjacent to an activating group) is 1. The van der Waals surface area contributed by atoms with E-state index >= 15 is 0 Å². The molecule has 2 aromatic rings. The highest BCUT2D eigenvalue weighted by molar-refractivity contribution is 6.09. The maximum absolute atomic E-state index is 12.8. The molecule has 2 heterocycles. The molecular weight excluding hydrogens is 332 g/mol. The van der Waals surface area contributed by atoms with Crippen molar-refractivity contribution in [3.8, 4) is 0 Å². The molecule has 1 aliphatic rings. The molecule has 7 nitrogen and oxygen atoms in total. The molecule has 7 heteroatoms. The lowest BCUT2D eigenvalue weighted by Gasteiger charge is -2.23. The molecule has 0 bridgehead atoms. The lowest BCUT2D eigenvalue weighted by Crippen LogP contribution is -2.43. The monoisotopic (exact) mass is 354 g/mol. The molecule has 1 aromatic carbocycles. The molecule has 1 unspecified atom stereocenters. The second-order valence-corrected chi connectivity index (χ2v) is 6.67. The summed E-state index contributed by atoms with van der Waals surface area (Å²) in [6.07, 6.45) is 1.90. The van der Waals surface area contributed by atoms with Crippen LogP contribution in [-0.4, -0.2) is 45.8 Å². The molecule has 0 spiro atoms. The SMILES string of the molecule is CN(Cc1cccn1C)C(=O)CN1C(=O)NC(C)(c2ccccc2)C1=O. The fourth-order valence-electron chi connectivity index (χ4n) is 3.06. The van der Waals surface area contributed by atoms with Gasteiger partial charge in [0.05, 0.1) is 6.54 Å². The second kappa shape index (κ2) is 6.67. The van der Waals surface area contributed by atoms with Crippen LogP contribution in [0, 0.1) is 0 Å². The smallest absolute Gasteiger partial charge is 0.325 e. The number of imide groups is 1. The lowest BCUT2D eigenvalue weighted by atomic mass is 9.92. The van der Waals surface area contributed by atoms with Crippen molar-refractivity contribution in [3.05, 3.63) is 59.9 Å². The Morgan fingerprint density at radius 1 is 1.15 bits per heavy atom. The number of carbonyl (C=O) groups excluding carboxylic acids is 3. The van der Waals surface area contributed by atoms with E-state index in [2.05, 4.69) is 5.32 Å². The van der Waals surface area contributed by atoms with Crippen LogP contribution in [0.15, 0.2) is 48.7 Å². The zero-order chi connectivity index (χ0) is 18.9. The van der Waals surface area contributed by atoms with Gasteiger partial charge in [0, 0.05) is 26.0 Å². The van der Waals surface area contributed by atoms with Gasteiger partial charge in [0.25, 0.3) is 5.91 Å². The number of amides is 4. The van der Waals surface area contributed by atoms with E-state index in [0.29, 0.717) is 12.1 Å². The zero-order valence-electron chi connectivity index (χ0n) is 15.1. The molecule has 1 aliphatic heterocycles. The summed E-state index contributed by atoms with van der Waals surface area (Å²) in [4.78, 5) is 40.2. The highest BCUT2D eigenvalue weighted by Crippen LogP contribution is 2.28. The van der Waals surface area contributed by atoms with Gasteiger partial charge in [-0.15, -0.1) is 0 Å². The van der Waals surface area contributed by atoms with E-state index in [1.807, 2.05) is 48.1 Å².